The average Bonchev–Trinajstić information content (AvgIpc) is 3.40. The molecule has 6 nitrogen and oxygen atoms in total. The van der Waals surface area contributed by atoms with E-state index in [0.717, 1.165) is 24.8 Å². The van der Waals surface area contributed by atoms with Gasteiger partial charge in [0.05, 0.1) is 10.1 Å². The van der Waals surface area contributed by atoms with Crippen LogP contribution in [0.5, 0.6) is 0 Å². The molecule has 128 valence electrons. The van der Waals surface area contributed by atoms with E-state index in [4.69, 9.17) is 0 Å². The molecule has 0 aromatic heterocycles. The standard InChI is InChI=1S/C15H22N2O4S2/c1-2-13-3-5-14(6-4-13)22(18,19)16-9-11-17(12-10-16)23(20,21)15-7-8-15/h3-6,15H,2,7-12H2,1H3. The average molecular weight is 358 g/mol. The zero-order valence-electron chi connectivity index (χ0n) is 13.2. The summed E-state index contributed by atoms with van der Waals surface area (Å²) < 4.78 is 52.5. The van der Waals surface area contributed by atoms with E-state index < -0.39 is 20.0 Å². The number of sulfonamides is 2. The van der Waals surface area contributed by atoms with Crippen molar-refractivity contribution in [1.29, 1.82) is 0 Å². The molecule has 0 atom stereocenters. The quantitative estimate of drug-likeness (QED) is 0.788. The third-order valence-corrected chi connectivity index (χ3v) is 8.78. The Morgan fingerprint density at radius 2 is 1.43 bits per heavy atom. The zero-order chi connectivity index (χ0) is 16.7. The van der Waals surface area contributed by atoms with E-state index in [9.17, 15) is 16.8 Å². The van der Waals surface area contributed by atoms with Crippen LogP contribution in [0.15, 0.2) is 29.2 Å². The fourth-order valence-electron chi connectivity index (χ4n) is 2.79. The van der Waals surface area contributed by atoms with E-state index in [-0.39, 0.29) is 36.3 Å². The molecule has 8 heteroatoms. The minimum atomic E-state index is -3.55. The van der Waals surface area contributed by atoms with Crippen LogP contribution < -0.4 is 0 Å². The van der Waals surface area contributed by atoms with Crippen molar-refractivity contribution in [2.75, 3.05) is 26.2 Å². The third kappa shape index (κ3) is 3.31. The lowest BCUT2D eigenvalue weighted by atomic mass is 10.2. The maximum absolute atomic E-state index is 12.6. The van der Waals surface area contributed by atoms with Crippen molar-refractivity contribution in [3.05, 3.63) is 29.8 Å². The molecule has 1 aromatic rings. The Labute approximate surface area is 138 Å². The predicted octanol–water partition coefficient (Wildman–Crippen LogP) is 1.05. The molecular formula is C15H22N2O4S2. The Kier molecular flexibility index (Phi) is 4.52. The van der Waals surface area contributed by atoms with Crippen LogP contribution >= 0.6 is 0 Å². The van der Waals surface area contributed by atoms with Gasteiger partial charge < -0.3 is 0 Å². The Morgan fingerprint density at radius 1 is 0.913 bits per heavy atom. The van der Waals surface area contributed by atoms with Crippen LogP contribution in [0.25, 0.3) is 0 Å². The predicted molar refractivity (Wildman–Crippen MR) is 88.1 cm³/mol. The molecule has 1 saturated carbocycles. The lowest BCUT2D eigenvalue weighted by molar-refractivity contribution is 0.272. The normalized spacial score (nSPS) is 21.4. The highest BCUT2D eigenvalue weighted by Gasteiger charge is 2.42. The summed E-state index contributed by atoms with van der Waals surface area (Å²) in [6.45, 7) is 2.92. The van der Waals surface area contributed by atoms with Gasteiger partial charge in [0.25, 0.3) is 0 Å². The van der Waals surface area contributed by atoms with E-state index in [0.29, 0.717) is 0 Å². The molecule has 0 amide bonds. The van der Waals surface area contributed by atoms with E-state index in [1.807, 2.05) is 19.1 Å². The first-order chi connectivity index (χ1) is 10.9. The fraction of sp³-hybridized carbons (Fsp3) is 0.600. The summed E-state index contributed by atoms with van der Waals surface area (Å²) >= 11 is 0. The van der Waals surface area contributed by atoms with E-state index in [1.165, 1.54) is 8.61 Å². The second-order valence-electron chi connectivity index (χ2n) is 6.04. The number of hydrogen-bond acceptors (Lipinski definition) is 4. The smallest absolute Gasteiger partial charge is 0.212 e. The third-order valence-electron chi connectivity index (χ3n) is 4.47. The first-order valence-electron chi connectivity index (χ1n) is 7.94. The molecule has 0 radical (unpaired) electrons. The van der Waals surface area contributed by atoms with Gasteiger partial charge in [-0.3, -0.25) is 0 Å². The van der Waals surface area contributed by atoms with Gasteiger partial charge in [-0.25, -0.2) is 16.8 Å². The highest BCUT2D eigenvalue weighted by Crippen LogP contribution is 2.31. The molecule has 1 aliphatic heterocycles. The number of rotatable bonds is 5. The van der Waals surface area contributed by atoms with Gasteiger partial charge in [-0.15, -0.1) is 0 Å². The Balaban J connectivity index is 1.70. The van der Waals surface area contributed by atoms with Crippen LogP contribution in [0.1, 0.15) is 25.3 Å². The van der Waals surface area contributed by atoms with Gasteiger partial charge in [0.2, 0.25) is 20.0 Å². The summed E-state index contributed by atoms with van der Waals surface area (Å²) in [4.78, 5) is 0.271. The van der Waals surface area contributed by atoms with Crippen molar-refractivity contribution in [1.82, 2.24) is 8.61 Å². The molecule has 2 aliphatic rings. The highest BCUT2D eigenvalue weighted by molar-refractivity contribution is 7.90. The molecule has 1 saturated heterocycles. The summed E-state index contributed by atoms with van der Waals surface area (Å²) in [6.07, 6.45) is 2.31. The fourth-order valence-corrected chi connectivity index (χ4v) is 6.04. The first-order valence-corrected chi connectivity index (χ1v) is 10.9. The number of hydrogen-bond donors (Lipinski definition) is 0. The van der Waals surface area contributed by atoms with Crippen molar-refractivity contribution in [3.63, 3.8) is 0 Å². The van der Waals surface area contributed by atoms with E-state index in [1.54, 1.807) is 12.1 Å². The largest absolute Gasteiger partial charge is 0.243 e. The monoisotopic (exact) mass is 358 g/mol. The second-order valence-corrected chi connectivity index (χ2v) is 10.2. The highest BCUT2D eigenvalue weighted by atomic mass is 32.2. The number of nitrogens with zero attached hydrogens (tertiary/aromatic N) is 2. The van der Waals surface area contributed by atoms with Crippen molar-refractivity contribution >= 4 is 20.0 Å². The number of benzene rings is 1. The Morgan fingerprint density at radius 3 is 1.91 bits per heavy atom. The SMILES string of the molecule is CCc1ccc(S(=O)(=O)N2CCN(S(=O)(=O)C3CC3)CC2)cc1. The van der Waals surface area contributed by atoms with Gasteiger partial charge in [0.1, 0.15) is 0 Å². The molecule has 1 heterocycles. The maximum Gasteiger partial charge on any atom is 0.243 e. The maximum atomic E-state index is 12.6. The van der Waals surface area contributed by atoms with Crippen LogP contribution in [0.3, 0.4) is 0 Å². The van der Waals surface area contributed by atoms with Crippen molar-refractivity contribution in [2.24, 2.45) is 0 Å². The topological polar surface area (TPSA) is 74.8 Å². The van der Waals surface area contributed by atoms with Crippen molar-refractivity contribution in [2.45, 2.75) is 36.3 Å². The Bertz CT molecular complexity index is 760. The van der Waals surface area contributed by atoms with E-state index >= 15 is 0 Å². The Hall–Kier alpha value is -0.960. The molecule has 1 aliphatic carbocycles. The second kappa shape index (κ2) is 6.16. The lowest BCUT2D eigenvalue weighted by Gasteiger charge is -2.33. The van der Waals surface area contributed by atoms with Gasteiger partial charge in [0.15, 0.2) is 0 Å². The first kappa shape index (κ1) is 16.9. The minimum Gasteiger partial charge on any atom is -0.212 e. The summed E-state index contributed by atoms with van der Waals surface area (Å²) in [5, 5.41) is -0.243. The molecule has 0 N–H and O–H groups in total. The molecule has 1 aromatic carbocycles. The number of aryl methyl sites for hydroxylation is 1. The van der Waals surface area contributed by atoms with Gasteiger partial charge in [-0.1, -0.05) is 19.1 Å². The summed E-state index contributed by atoms with van der Waals surface area (Å²) in [6, 6.07) is 6.89. The van der Waals surface area contributed by atoms with Crippen LogP contribution in [0.4, 0.5) is 0 Å². The van der Waals surface area contributed by atoms with Gasteiger partial charge in [0, 0.05) is 26.2 Å². The summed E-state index contributed by atoms with van der Waals surface area (Å²) in [7, 11) is -6.77. The summed E-state index contributed by atoms with van der Waals surface area (Å²) in [5.41, 5.74) is 1.09. The number of piperazine rings is 1. The van der Waals surface area contributed by atoms with Crippen LogP contribution in [0, 0.1) is 0 Å². The van der Waals surface area contributed by atoms with Crippen molar-refractivity contribution in [3.8, 4) is 0 Å². The van der Waals surface area contributed by atoms with Gasteiger partial charge in [-0.05, 0) is 37.0 Å². The van der Waals surface area contributed by atoms with Crippen LogP contribution in [-0.2, 0) is 26.5 Å². The molecule has 0 bridgehead atoms. The zero-order valence-corrected chi connectivity index (χ0v) is 14.8. The van der Waals surface area contributed by atoms with Gasteiger partial charge in [-0.2, -0.15) is 8.61 Å². The summed E-state index contributed by atoms with van der Waals surface area (Å²) in [5.74, 6) is 0. The van der Waals surface area contributed by atoms with Crippen molar-refractivity contribution < 1.29 is 16.8 Å². The molecule has 23 heavy (non-hydrogen) atoms. The minimum absolute atomic E-state index is 0.212. The van der Waals surface area contributed by atoms with E-state index in [2.05, 4.69) is 0 Å². The van der Waals surface area contributed by atoms with Gasteiger partial charge >= 0.3 is 0 Å². The molecule has 0 spiro atoms. The lowest BCUT2D eigenvalue weighted by Crippen LogP contribution is -2.51. The molecule has 0 unspecified atom stereocenters. The van der Waals surface area contributed by atoms with Crippen LogP contribution in [0.2, 0.25) is 0 Å². The van der Waals surface area contributed by atoms with Crippen LogP contribution in [-0.4, -0.2) is 56.9 Å². The molecule has 3 rings (SSSR count). The molecule has 2 fully saturated rings. The molecular weight excluding hydrogens is 336 g/mol.